The molecular formula is C18H33NO2. The highest BCUT2D eigenvalue weighted by Crippen LogP contribution is 2.40. The first-order valence-corrected chi connectivity index (χ1v) is 8.73. The molecule has 0 aromatic heterocycles. The van der Waals surface area contributed by atoms with Gasteiger partial charge in [-0.25, -0.2) is 0 Å². The predicted molar refractivity (Wildman–Crippen MR) is 86.2 cm³/mol. The minimum Gasteiger partial charge on any atom is -0.468 e. The molecule has 21 heavy (non-hydrogen) atoms. The van der Waals surface area contributed by atoms with Crippen LogP contribution in [0.1, 0.15) is 78.6 Å². The Hall–Kier alpha value is -0.570. The van der Waals surface area contributed by atoms with Crippen LogP contribution in [0.2, 0.25) is 0 Å². The summed E-state index contributed by atoms with van der Waals surface area (Å²) in [6, 6.07) is 0.510. The van der Waals surface area contributed by atoms with Gasteiger partial charge in [-0.1, -0.05) is 40.0 Å². The summed E-state index contributed by atoms with van der Waals surface area (Å²) in [4.78, 5) is 12.5. The molecule has 0 aliphatic heterocycles. The Bertz CT molecular complexity index is 355. The minimum atomic E-state index is -0.427. The van der Waals surface area contributed by atoms with Gasteiger partial charge in [0.1, 0.15) is 5.54 Å². The van der Waals surface area contributed by atoms with Crippen LogP contribution in [0, 0.1) is 11.3 Å². The van der Waals surface area contributed by atoms with E-state index in [1.807, 2.05) is 0 Å². The van der Waals surface area contributed by atoms with Gasteiger partial charge in [0.25, 0.3) is 0 Å². The van der Waals surface area contributed by atoms with Gasteiger partial charge in [-0.2, -0.15) is 0 Å². The highest BCUT2D eigenvalue weighted by atomic mass is 16.5. The van der Waals surface area contributed by atoms with Crippen LogP contribution in [0.25, 0.3) is 0 Å². The molecule has 0 radical (unpaired) electrons. The van der Waals surface area contributed by atoms with Crippen LogP contribution in [-0.4, -0.2) is 24.7 Å². The number of methoxy groups -OCH3 is 1. The van der Waals surface area contributed by atoms with Crippen molar-refractivity contribution in [1.29, 1.82) is 0 Å². The number of hydrogen-bond donors (Lipinski definition) is 1. The Labute approximate surface area is 130 Å². The van der Waals surface area contributed by atoms with Crippen molar-refractivity contribution >= 4 is 5.97 Å². The van der Waals surface area contributed by atoms with E-state index >= 15 is 0 Å². The molecule has 0 bridgehead atoms. The summed E-state index contributed by atoms with van der Waals surface area (Å²) < 4.78 is 5.18. The van der Waals surface area contributed by atoms with E-state index in [4.69, 9.17) is 4.74 Å². The molecule has 2 aliphatic rings. The predicted octanol–water partition coefficient (Wildman–Crippen LogP) is 4.06. The minimum absolute atomic E-state index is 0.0380. The van der Waals surface area contributed by atoms with Crippen molar-refractivity contribution in [2.45, 2.75) is 90.1 Å². The Kier molecular flexibility index (Phi) is 5.34. The third kappa shape index (κ3) is 4.00. The number of carbonyl (C=O) groups is 1. The van der Waals surface area contributed by atoms with E-state index in [0.717, 1.165) is 25.7 Å². The van der Waals surface area contributed by atoms with Gasteiger partial charge in [0, 0.05) is 6.04 Å². The fraction of sp³-hybridized carbons (Fsp3) is 0.944. The maximum Gasteiger partial charge on any atom is 0.326 e. The smallest absolute Gasteiger partial charge is 0.326 e. The van der Waals surface area contributed by atoms with Crippen molar-refractivity contribution < 1.29 is 9.53 Å². The molecule has 2 rings (SSSR count). The van der Waals surface area contributed by atoms with Gasteiger partial charge in [-0.3, -0.25) is 10.1 Å². The second kappa shape index (κ2) is 6.68. The third-order valence-electron chi connectivity index (χ3n) is 5.71. The largest absolute Gasteiger partial charge is 0.468 e. The average Bonchev–Trinajstić information content (AvgIpc) is 2.82. The normalized spacial score (nSPS) is 31.9. The van der Waals surface area contributed by atoms with E-state index in [1.54, 1.807) is 0 Å². The van der Waals surface area contributed by atoms with Crippen molar-refractivity contribution in [3.63, 3.8) is 0 Å². The molecule has 0 aromatic rings. The van der Waals surface area contributed by atoms with Crippen LogP contribution < -0.4 is 5.32 Å². The first-order valence-electron chi connectivity index (χ1n) is 8.73. The highest BCUT2D eigenvalue weighted by Gasteiger charge is 2.44. The SMILES string of the molecule is COC(=O)C1(NC2CCCC2)CCCC(C(C)(C)C)CC1. The van der Waals surface area contributed by atoms with E-state index in [9.17, 15) is 4.79 Å². The fourth-order valence-corrected chi connectivity index (χ4v) is 4.27. The number of ether oxygens (including phenoxy) is 1. The molecule has 2 atom stereocenters. The van der Waals surface area contributed by atoms with Crippen molar-refractivity contribution in [2.75, 3.05) is 7.11 Å². The number of hydrogen-bond acceptors (Lipinski definition) is 3. The summed E-state index contributed by atoms with van der Waals surface area (Å²) in [6.07, 6.45) is 10.3. The third-order valence-corrected chi connectivity index (χ3v) is 5.71. The maximum absolute atomic E-state index is 12.5. The first kappa shape index (κ1) is 16.8. The summed E-state index contributed by atoms with van der Waals surface area (Å²) in [5, 5.41) is 3.72. The zero-order valence-electron chi connectivity index (χ0n) is 14.3. The van der Waals surface area contributed by atoms with Gasteiger partial charge >= 0.3 is 5.97 Å². The molecule has 2 saturated carbocycles. The number of nitrogens with one attached hydrogen (secondary N) is 1. The zero-order valence-corrected chi connectivity index (χ0v) is 14.3. The Morgan fingerprint density at radius 1 is 1.05 bits per heavy atom. The van der Waals surface area contributed by atoms with Crippen LogP contribution in [-0.2, 0) is 9.53 Å². The summed E-state index contributed by atoms with van der Waals surface area (Å²) in [7, 11) is 1.53. The molecular weight excluding hydrogens is 262 g/mol. The molecule has 0 aromatic carbocycles. The van der Waals surface area contributed by atoms with Crippen LogP contribution in [0.4, 0.5) is 0 Å². The lowest BCUT2D eigenvalue weighted by molar-refractivity contribution is -0.149. The molecule has 3 heteroatoms. The van der Waals surface area contributed by atoms with E-state index in [1.165, 1.54) is 39.2 Å². The number of esters is 1. The Balaban J connectivity index is 2.10. The molecule has 122 valence electrons. The van der Waals surface area contributed by atoms with E-state index in [0.29, 0.717) is 17.4 Å². The molecule has 0 saturated heterocycles. The lowest BCUT2D eigenvalue weighted by atomic mass is 9.76. The molecule has 0 spiro atoms. The molecule has 2 fully saturated rings. The molecule has 0 amide bonds. The van der Waals surface area contributed by atoms with E-state index in [2.05, 4.69) is 26.1 Å². The summed E-state index contributed by atoms with van der Waals surface area (Å²) in [5.41, 5.74) is -0.0939. The van der Waals surface area contributed by atoms with Crippen LogP contribution in [0.3, 0.4) is 0 Å². The second-order valence-corrected chi connectivity index (χ2v) is 8.19. The van der Waals surface area contributed by atoms with Gasteiger partial charge < -0.3 is 4.74 Å². The average molecular weight is 295 g/mol. The molecule has 0 heterocycles. The van der Waals surface area contributed by atoms with Gasteiger partial charge in [0.2, 0.25) is 0 Å². The zero-order chi connectivity index (χ0) is 15.5. The molecule has 3 nitrogen and oxygen atoms in total. The quantitative estimate of drug-likeness (QED) is 0.630. The van der Waals surface area contributed by atoms with Crippen molar-refractivity contribution in [3.8, 4) is 0 Å². The fourth-order valence-electron chi connectivity index (χ4n) is 4.27. The number of carbonyl (C=O) groups excluding carboxylic acids is 1. The first-order chi connectivity index (χ1) is 9.87. The summed E-state index contributed by atoms with van der Waals surface area (Å²) >= 11 is 0. The standard InChI is InChI=1S/C18H33NO2/c1-17(2,3)14-8-7-12-18(13-11-14,16(20)21-4)19-15-9-5-6-10-15/h14-15,19H,5-13H2,1-4H3. The lowest BCUT2D eigenvalue weighted by Crippen LogP contribution is -2.55. The van der Waals surface area contributed by atoms with E-state index < -0.39 is 5.54 Å². The molecule has 2 unspecified atom stereocenters. The Morgan fingerprint density at radius 2 is 1.71 bits per heavy atom. The lowest BCUT2D eigenvalue weighted by Gasteiger charge is -2.35. The van der Waals surface area contributed by atoms with Crippen LogP contribution in [0.5, 0.6) is 0 Å². The van der Waals surface area contributed by atoms with Crippen molar-refractivity contribution in [1.82, 2.24) is 5.32 Å². The van der Waals surface area contributed by atoms with E-state index in [-0.39, 0.29) is 5.97 Å². The van der Waals surface area contributed by atoms with Crippen LogP contribution >= 0.6 is 0 Å². The highest BCUT2D eigenvalue weighted by molar-refractivity contribution is 5.80. The van der Waals surface area contributed by atoms with Crippen LogP contribution in [0.15, 0.2) is 0 Å². The Morgan fingerprint density at radius 3 is 2.29 bits per heavy atom. The van der Waals surface area contributed by atoms with Gasteiger partial charge in [-0.15, -0.1) is 0 Å². The van der Waals surface area contributed by atoms with Crippen molar-refractivity contribution in [2.24, 2.45) is 11.3 Å². The monoisotopic (exact) mass is 295 g/mol. The van der Waals surface area contributed by atoms with Gasteiger partial charge in [0.05, 0.1) is 7.11 Å². The van der Waals surface area contributed by atoms with Gasteiger partial charge in [-0.05, 0) is 49.9 Å². The van der Waals surface area contributed by atoms with Gasteiger partial charge in [0.15, 0.2) is 0 Å². The molecule has 2 aliphatic carbocycles. The maximum atomic E-state index is 12.5. The van der Waals surface area contributed by atoms with Crippen molar-refractivity contribution in [3.05, 3.63) is 0 Å². The molecule has 1 N–H and O–H groups in total. The number of rotatable bonds is 3. The summed E-state index contributed by atoms with van der Waals surface area (Å²) in [5.74, 6) is 0.665. The second-order valence-electron chi connectivity index (χ2n) is 8.19. The topological polar surface area (TPSA) is 38.3 Å². The summed E-state index contributed by atoms with van der Waals surface area (Å²) in [6.45, 7) is 6.98.